The highest BCUT2D eigenvalue weighted by molar-refractivity contribution is 9.10. The smallest absolute Gasteiger partial charge is 0.537 e. The maximum absolute atomic E-state index is 11.7. The fourth-order valence-corrected chi connectivity index (χ4v) is 76.6. The summed E-state index contributed by atoms with van der Waals surface area (Å²) in [6.45, 7) is 0.230. The van der Waals surface area contributed by atoms with E-state index >= 15 is 0 Å². The van der Waals surface area contributed by atoms with Crippen molar-refractivity contribution in [2.45, 2.75) is 25.7 Å². The molecule has 1 radical (unpaired) electrons. The molecule has 485 valence electrons. The molecular weight excluding hydrogens is 1840 g/mol. The summed E-state index contributed by atoms with van der Waals surface area (Å²) in [7, 11) is 55.9. The van der Waals surface area contributed by atoms with Crippen LogP contribution >= 0.6 is 15.9 Å². The Hall–Kier alpha value is 1.86. The Labute approximate surface area is 626 Å². The fourth-order valence-electron chi connectivity index (χ4n) is 7.48. The number of halogens is 1. The average Bonchev–Trinajstić information content (AvgIpc) is 2.34. The van der Waals surface area contributed by atoms with Crippen LogP contribution in [-0.2, 0) is 337 Å². The van der Waals surface area contributed by atoms with E-state index in [2.05, 4.69) is 38.8 Å². The molecule has 89 heavy (non-hydrogen) atoms. The van der Waals surface area contributed by atoms with Crippen LogP contribution in [0.25, 0.3) is 32.7 Å². The van der Waals surface area contributed by atoms with Gasteiger partial charge in [0, 0.05) is 332 Å². The van der Waals surface area contributed by atoms with Crippen LogP contribution < -0.4 is 23.6 Å². The van der Waals surface area contributed by atoms with Crippen LogP contribution in [0.3, 0.4) is 0 Å². The third kappa shape index (κ3) is 31.7. The van der Waals surface area contributed by atoms with Crippen LogP contribution in [0.15, 0.2) is 89.4 Å². The molecule has 0 fully saturated rings. The molecule has 45 heteroatoms. The number of rotatable bonds is 13. The van der Waals surface area contributed by atoms with E-state index in [1.807, 2.05) is 42.5 Å². The lowest BCUT2D eigenvalue weighted by molar-refractivity contribution is 0.0514. The molecular formula is C44H41BBrO10S33. The van der Waals surface area contributed by atoms with Crippen LogP contribution in [-0.4, -0.2) is 67.3 Å². The lowest BCUT2D eigenvalue weighted by Crippen LogP contribution is -2.03. The molecule has 6 aromatic carbocycles. The Morgan fingerprint density at radius 3 is 1.10 bits per heavy atom. The molecule has 2 aliphatic carbocycles. The highest BCUT2D eigenvalue weighted by atomic mass is 79.9. The van der Waals surface area contributed by atoms with Crippen molar-refractivity contribution in [3.05, 3.63) is 123 Å². The SMILES string of the molecule is COCOc1c(C=O)cc2c3c(ccc(-c4ccc(OC)cc4)c13)CC2.COCOc1c(C=O)cc2c3c(ccc(Br)c13)CC2.COc1ccc(O[B]O)cc1.S=S=S=S=S=S=S=S=S=S=S=S=S=S=S=S.S=S=S=S=S=S=S=S=S=S=S=S=S=S=S=S=S. The first-order valence-corrected chi connectivity index (χ1v) is 65.1. The molecule has 0 atom stereocenters. The van der Waals surface area contributed by atoms with Crippen molar-refractivity contribution in [1.82, 2.24) is 0 Å². The van der Waals surface area contributed by atoms with Crippen molar-refractivity contribution in [2.75, 3.05) is 42.0 Å². The Morgan fingerprint density at radius 1 is 0.427 bits per heavy atom. The van der Waals surface area contributed by atoms with Gasteiger partial charge < -0.3 is 38.1 Å². The summed E-state index contributed by atoms with van der Waals surface area (Å²) in [5.41, 5.74) is 8.29. The second kappa shape index (κ2) is 53.8. The molecule has 0 aromatic heterocycles. The van der Waals surface area contributed by atoms with E-state index in [-0.39, 0.29) is 13.6 Å². The number of methoxy groups -OCH3 is 4. The van der Waals surface area contributed by atoms with Crippen LogP contribution in [0.2, 0.25) is 0 Å². The van der Waals surface area contributed by atoms with Gasteiger partial charge in [0.1, 0.15) is 28.7 Å². The molecule has 8 rings (SSSR count). The summed E-state index contributed by atoms with van der Waals surface area (Å²) < 4.78 is 37.3. The molecule has 0 spiro atoms. The zero-order chi connectivity index (χ0) is 64.1. The maximum atomic E-state index is 11.7. The predicted molar refractivity (Wildman–Crippen MR) is 463 cm³/mol. The van der Waals surface area contributed by atoms with E-state index in [9.17, 15) is 9.59 Å². The van der Waals surface area contributed by atoms with Gasteiger partial charge in [0.15, 0.2) is 26.2 Å². The molecule has 0 amide bonds. The lowest BCUT2D eigenvalue weighted by atomic mass is 9.92. The molecule has 1 N–H and O–H groups in total. The maximum Gasteiger partial charge on any atom is 0.569 e. The monoisotopic (exact) mass is 1870 g/mol. The van der Waals surface area contributed by atoms with E-state index in [0.717, 1.165) is 76.1 Å². The summed E-state index contributed by atoms with van der Waals surface area (Å²) >= 11 is 22.5. The summed E-state index contributed by atoms with van der Waals surface area (Å²) in [6.07, 6.45) is 5.64. The van der Waals surface area contributed by atoms with Gasteiger partial charge in [0.25, 0.3) is 0 Å². The zero-order valence-corrected chi connectivity index (χ0v) is 73.6. The van der Waals surface area contributed by atoms with Gasteiger partial charge in [0.2, 0.25) is 0 Å². The molecule has 0 heterocycles. The van der Waals surface area contributed by atoms with Gasteiger partial charge in [-0.1, -0.05) is 46.3 Å². The minimum absolute atomic E-state index is 0.0988. The Morgan fingerprint density at radius 2 is 0.753 bits per heavy atom. The summed E-state index contributed by atoms with van der Waals surface area (Å²) in [5, 5.41) is 12.7. The van der Waals surface area contributed by atoms with Crippen molar-refractivity contribution in [3.8, 4) is 39.9 Å². The number of aryl methyl sites for hydroxylation is 4. The molecule has 2 aliphatic rings. The van der Waals surface area contributed by atoms with E-state index in [1.54, 1.807) is 275 Å². The van der Waals surface area contributed by atoms with Gasteiger partial charge in [-0.3, -0.25) is 9.59 Å². The van der Waals surface area contributed by atoms with Crippen molar-refractivity contribution >= 4 is 360 Å². The number of hydrogen-bond acceptors (Lipinski definition) is 14. The predicted octanol–water partition coefficient (Wildman–Crippen LogP) is 8.43. The largest absolute Gasteiger partial charge is 0.569 e. The van der Waals surface area contributed by atoms with Crippen LogP contribution in [0.5, 0.6) is 28.7 Å². The van der Waals surface area contributed by atoms with E-state index in [0.29, 0.717) is 36.1 Å². The van der Waals surface area contributed by atoms with Crippen molar-refractivity contribution in [1.29, 1.82) is 0 Å². The number of carbonyl (C=O) groups excluding carboxylic acids is 2. The number of carbonyl (C=O) groups is 2. The normalized spacial score (nSPS) is 10.2. The van der Waals surface area contributed by atoms with E-state index < -0.39 is 0 Å². The summed E-state index contributed by atoms with van der Waals surface area (Å²) in [6, 6.07) is 27.2. The summed E-state index contributed by atoms with van der Waals surface area (Å²) in [5.74, 6) is 3.34. The topological polar surface area (TPSA) is 119 Å². The molecule has 0 aliphatic heterocycles. The molecule has 0 saturated carbocycles. The molecule has 0 saturated heterocycles. The number of hydrogen-bond donors (Lipinski definition) is 1. The van der Waals surface area contributed by atoms with Crippen molar-refractivity contribution < 1.29 is 47.7 Å². The highest BCUT2D eigenvalue weighted by Gasteiger charge is 2.24. The first kappa shape index (κ1) is 83.3. The number of benzene rings is 6. The first-order chi connectivity index (χ1) is 43.7. The Kier molecular flexibility index (Phi) is 50.3. The quantitative estimate of drug-likeness (QED) is 0.0677. The van der Waals surface area contributed by atoms with E-state index in [4.69, 9.17) is 78.2 Å². The summed E-state index contributed by atoms with van der Waals surface area (Å²) in [4.78, 5) is 23.0. The standard InChI is InChI=1S/C22H20O4.C15H13BrO3.C7H8BO3.S17.S16/c1-24-13-26-22-17(12-23)11-16-4-3-15-7-10-19(21(22)20(15)16)14-5-8-18(25-2)9-6-14;1-18-8-19-15-11(7-17)6-10-3-2-9-4-5-12(16)14(15)13(9)10;1-10-6-2-4-7(5-3-6)11-8-9;1-3-5-7-9-11-13-15-17-16-14-12-10-8-6-4-2;1-3-5-7-9-11-13-15-16-14-12-10-8-6-4-2/h5-12H,3-4,13H2,1-2H3;4-7H,2-3,8H2,1H3;2-5,9H,1H3;;. The molecule has 0 bridgehead atoms. The Bertz CT molecular complexity index is 4780. The van der Waals surface area contributed by atoms with Gasteiger partial charge in [-0.05, 0) is 124 Å². The number of ether oxygens (including phenoxy) is 6. The first-order valence-electron chi connectivity index (χ1n) is 23.0. The Balaban J connectivity index is 0.000000245. The third-order valence-electron chi connectivity index (χ3n) is 10.4. The van der Waals surface area contributed by atoms with Crippen molar-refractivity contribution in [3.63, 3.8) is 0 Å². The zero-order valence-electron chi connectivity index (χ0n) is 45.0. The molecule has 10 nitrogen and oxygen atoms in total. The second-order valence-corrected chi connectivity index (χ2v) is 67.0. The third-order valence-corrected chi connectivity index (χ3v) is 71.1. The number of aldehydes is 2. The van der Waals surface area contributed by atoms with Crippen LogP contribution in [0.4, 0.5) is 0 Å². The van der Waals surface area contributed by atoms with Crippen LogP contribution in [0.1, 0.15) is 43.0 Å². The molecule has 0 unspecified atom stereocenters. The fraction of sp³-hybridized carbons (Fsp3) is 0.227. The van der Waals surface area contributed by atoms with Gasteiger partial charge >= 0.3 is 7.69 Å². The minimum Gasteiger partial charge on any atom is -0.537 e. The second-order valence-electron chi connectivity index (χ2n) is 14.8. The van der Waals surface area contributed by atoms with Crippen molar-refractivity contribution in [2.24, 2.45) is 0 Å². The van der Waals surface area contributed by atoms with Gasteiger partial charge in [-0.15, -0.1) is 0 Å². The highest BCUT2D eigenvalue weighted by Crippen LogP contribution is 2.45. The lowest BCUT2D eigenvalue weighted by Gasteiger charge is -2.16. The van der Waals surface area contributed by atoms with Gasteiger partial charge in [0.05, 0.1) is 25.3 Å². The van der Waals surface area contributed by atoms with E-state index in [1.165, 1.54) is 68.5 Å². The minimum atomic E-state index is 0.0988. The van der Waals surface area contributed by atoms with Crippen LogP contribution in [0, 0.1) is 0 Å². The van der Waals surface area contributed by atoms with Gasteiger partial charge in [-0.2, -0.15) is 0 Å². The molecule has 6 aromatic rings. The van der Waals surface area contributed by atoms with Gasteiger partial charge in [-0.25, -0.2) is 0 Å². The average molecular weight is 1880 g/mol.